The van der Waals surface area contributed by atoms with E-state index in [4.69, 9.17) is 10.7 Å². The number of imidazole rings is 1. The Hall–Kier alpha value is -3.68. The van der Waals surface area contributed by atoms with Gasteiger partial charge in [0.2, 0.25) is 0 Å². The molecule has 1 fully saturated rings. The lowest BCUT2D eigenvalue weighted by molar-refractivity contribution is 0.133. The summed E-state index contributed by atoms with van der Waals surface area (Å²) in [6.45, 7) is 3.20. The highest BCUT2D eigenvalue weighted by Crippen LogP contribution is 2.33. The third kappa shape index (κ3) is 7.63. The molecule has 13 heteroatoms. The summed E-state index contributed by atoms with van der Waals surface area (Å²) >= 11 is 7.12. The Morgan fingerprint density at radius 2 is 1.83 bits per heavy atom. The van der Waals surface area contributed by atoms with Crippen molar-refractivity contribution in [1.29, 1.82) is 0 Å². The first-order valence-electron chi connectivity index (χ1n) is 16.3. The van der Waals surface area contributed by atoms with Crippen LogP contribution in [0.5, 0.6) is 0 Å². The van der Waals surface area contributed by atoms with Gasteiger partial charge >= 0.3 is 12.1 Å². The molecule has 0 spiro atoms. The van der Waals surface area contributed by atoms with Crippen LogP contribution in [0.25, 0.3) is 11.0 Å². The molecule has 4 N–H and O–H groups in total. The molecule has 1 aromatic heterocycles. The van der Waals surface area contributed by atoms with E-state index in [0.717, 1.165) is 50.7 Å². The Balaban J connectivity index is 1.22. The molecule has 0 radical (unpaired) electrons. The fourth-order valence-electron chi connectivity index (χ4n) is 6.72. The Morgan fingerprint density at radius 1 is 1.10 bits per heavy atom. The van der Waals surface area contributed by atoms with Gasteiger partial charge in [-0.1, -0.05) is 18.2 Å². The van der Waals surface area contributed by atoms with Gasteiger partial charge in [-0.3, -0.25) is 0 Å². The number of hydrogen-bond acceptors (Lipinski definition) is 5. The average molecular weight is 785 g/mol. The Bertz CT molecular complexity index is 1780. The van der Waals surface area contributed by atoms with Gasteiger partial charge in [0.1, 0.15) is 11.6 Å². The number of aromatic nitrogens is 2. The summed E-state index contributed by atoms with van der Waals surface area (Å²) in [7, 11) is 4.06. The van der Waals surface area contributed by atoms with Crippen LogP contribution < -0.4 is 16.4 Å². The van der Waals surface area contributed by atoms with E-state index in [-0.39, 0.29) is 23.9 Å². The molecule has 0 bridgehead atoms. The molecule has 0 saturated carbocycles. The maximum Gasteiger partial charge on any atom is 0.322 e. The number of rotatable bonds is 9. The number of carbonyl (C=O) groups excluding carboxylic acids is 2. The van der Waals surface area contributed by atoms with Crippen LogP contribution in [0.4, 0.5) is 25.4 Å². The number of likely N-dealkylation sites (tertiary alicyclic amines) is 1. The van der Waals surface area contributed by atoms with Crippen LogP contribution in [-0.4, -0.2) is 82.6 Å². The number of para-hydroxylation sites is 1. The van der Waals surface area contributed by atoms with E-state index < -0.39 is 6.04 Å². The predicted molar refractivity (Wildman–Crippen MR) is 195 cm³/mol. The second-order valence-corrected chi connectivity index (χ2v) is 14.5. The molecular formula is C35H41Br2FN8O2. The van der Waals surface area contributed by atoms with Crippen LogP contribution >= 0.6 is 31.9 Å². The predicted octanol–water partition coefficient (Wildman–Crippen LogP) is 6.78. The van der Waals surface area contributed by atoms with Gasteiger partial charge < -0.3 is 35.6 Å². The lowest BCUT2D eigenvalue weighted by Gasteiger charge is -2.38. The minimum absolute atomic E-state index is 0.0411. The second-order valence-electron chi connectivity index (χ2n) is 12.8. The first-order chi connectivity index (χ1) is 23.1. The maximum atomic E-state index is 14.4. The zero-order chi connectivity index (χ0) is 33.9. The largest absolute Gasteiger partial charge is 0.397 e. The zero-order valence-corrected chi connectivity index (χ0v) is 30.4. The number of amides is 4. The molecule has 10 nitrogen and oxygen atoms in total. The Labute approximate surface area is 297 Å². The van der Waals surface area contributed by atoms with E-state index in [1.54, 1.807) is 6.07 Å². The molecule has 0 unspecified atom stereocenters. The van der Waals surface area contributed by atoms with Crippen molar-refractivity contribution < 1.29 is 14.0 Å². The molecular weight excluding hydrogens is 743 g/mol. The number of piperidine rings is 1. The molecule has 254 valence electrons. The molecule has 2 aliphatic rings. The number of anilines is 2. The number of nitrogens with two attached hydrogens (primary N) is 1. The van der Waals surface area contributed by atoms with Gasteiger partial charge in [0.05, 0.1) is 22.8 Å². The summed E-state index contributed by atoms with van der Waals surface area (Å²) in [6.07, 6.45) is 3.44. The highest BCUT2D eigenvalue weighted by atomic mass is 79.9. The summed E-state index contributed by atoms with van der Waals surface area (Å²) in [5.41, 5.74) is 11.1. The highest BCUT2D eigenvalue weighted by Gasteiger charge is 2.33. The van der Waals surface area contributed by atoms with Gasteiger partial charge in [-0.25, -0.2) is 19.0 Å². The summed E-state index contributed by atoms with van der Waals surface area (Å²) in [6, 6.07) is 15.7. The number of fused-ring (bicyclic) bond motifs is 2. The van der Waals surface area contributed by atoms with Crippen molar-refractivity contribution in [3.63, 3.8) is 0 Å². The summed E-state index contributed by atoms with van der Waals surface area (Å²) in [5.74, 6) is 0.311. The first kappa shape index (κ1) is 34.2. The van der Waals surface area contributed by atoms with E-state index in [2.05, 4.69) is 58.0 Å². The van der Waals surface area contributed by atoms with Crippen LogP contribution in [0, 0.1) is 5.82 Å². The number of halogens is 3. The fraction of sp³-hybridized carbons (Fsp3) is 0.400. The van der Waals surface area contributed by atoms with Gasteiger partial charge in [0, 0.05) is 59.3 Å². The molecule has 0 aliphatic carbocycles. The lowest BCUT2D eigenvalue weighted by atomic mass is 10.0. The van der Waals surface area contributed by atoms with Crippen molar-refractivity contribution in [1.82, 2.24) is 29.6 Å². The van der Waals surface area contributed by atoms with Crippen LogP contribution in [0.3, 0.4) is 0 Å². The SMILES string of the molecule is CN(C)CCCn1c([C@@H](Cc2cc(Br)c(N)c(Br)c2)NC(=O)N2CCC(N3CCc4ccccc4NC3=O)CC2)nc2cc(F)ccc21. The molecule has 4 aromatic rings. The van der Waals surface area contributed by atoms with Gasteiger partial charge in [-0.05, 0) is 120 Å². The number of aryl methyl sites for hydroxylation is 1. The van der Waals surface area contributed by atoms with Crippen molar-refractivity contribution in [3.05, 3.63) is 86.3 Å². The molecule has 1 atom stereocenters. The Morgan fingerprint density at radius 3 is 2.56 bits per heavy atom. The summed E-state index contributed by atoms with van der Waals surface area (Å²) < 4.78 is 18.0. The maximum absolute atomic E-state index is 14.4. The highest BCUT2D eigenvalue weighted by molar-refractivity contribution is 9.11. The van der Waals surface area contributed by atoms with Crippen molar-refractivity contribution in [3.8, 4) is 0 Å². The number of nitrogens with one attached hydrogen (secondary N) is 2. The van der Waals surface area contributed by atoms with Gasteiger partial charge in [-0.2, -0.15) is 0 Å². The molecule has 3 aromatic carbocycles. The molecule has 2 aliphatic heterocycles. The van der Waals surface area contributed by atoms with Gasteiger partial charge in [0.15, 0.2) is 0 Å². The molecule has 3 heterocycles. The quantitative estimate of drug-likeness (QED) is 0.162. The van der Waals surface area contributed by atoms with E-state index in [1.165, 1.54) is 12.1 Å². The monoisotopic (exact) mass is 782 g/mol. The number of urea groups is 2. The average Bonchev–Trinajstić information content (AvgIpc) is 3.31. The molecule has 4 amide bonds. The topological polar surface area (TPSA) is 112 Å². The van der Waals surface area contributed by atoms with Crippen LogP contribution in [-0.2, 0) is 19.4 Å². The third-order valence-corrected chi connectivity index (χ3v) is 10.6. The smallest absolute Gasteiger partial charge is 0.322 e. The van der Waals surface area contributed by atoms with Crippen molar-refractivity contribution >= 4 is 66.3 Å². The summed E-state index contributed by atoms with van der Waals surface area (Å²) in [4.78, 5) is 37.9. The van der Waals surface area contributed by atoms with Crippen LogP contribution in [0.1, 0.15) is 42.3 Å². The Kier molecular flexibility index (Phi) is 10.6. The number of hydrogen-bond donors (Lipinski definition) is 3. The number of nitrogen functional groups attached to an aromatic ring is 1. The van der Waals surface area contributed by atoms with E-state index in [1.807, 2.05) is 54.2 Å². The minimum atomic E-state index is -0.512. The van der Waals surface area contributed by atoms with E-state index in [9.17, 15) is 14.0 Å². The van der Waals surface area contributed by atoms with Crippen molar-refractivity contribution in [2.24, 2.45) is 0 Å². The summed E-state index contributed by atoms with van der Waals surface area (Å²) in [5, 5.41) is 6.36. The van der Waals surface area contributed by atoms with Crippen molar-refractivity contribution in [2.45, 2.75) is 50.7 Å². The number of carbonyl (C=O) groups is 2. The van der Waals surface area contributed by atoms with Crippen LogP contribution in [0.15, 0.2) is 63.5 Å². The number of benzene rings is 3. The standard InChI is InChI=1S/C35H41Br2FN8O2/c1-43(2)13-5-14-46-31-9-8-24(38)21-29(31)40-33(46)30(20-22-18-26(36)32(39)27(37)19-22)42-34(47)44-15-11-25(12-16-44)45-17-10-23-6-3-4-7-28(23)41-35(45)48/h3-4,6-9,18-19,21,25,30H,5,10-17,20,39H2,1-2H3,(H,41,48)(H,42,47)/t30-/m1/s1. The zero-order valence-electron chi connectivity index (χ0n) is 27.2. The van der Waals surface area contributed by atoms with E-state index in [0.29, 0.717) is 62.5 Å². The third-order valence-electron chi connectivity index (χ3n) is 9.25. The molecule has 48 heavy (non-hydrogen) atoms. The lowest BCUT2D eigenvalue weighted by Crippen LogP contribution is -2.52. The second kappa shape index (κ2) is 14.8. The van der Waals surface area contributed by atoms with E-state index >= 15 is 0 Å². The molecule has 6 rings (SSSR count). The van der Waals surface area contributed by atoms with Crippen LogP contribution in [0.2, 0.25) is 0 Å². The minimum Gasteiger partial charge on any atom is -0.397 e. The normalized spacial score (nSPS) is 16.2. The number of nitrogens with zero attached hydrogens (tertiary/aromatic N) is 5. The van der Waals surface area contributed by atoms with Crippen molar-refractivity contribution in [2.75, 3.05) is 51.3 Å². The first-order valence-corrected chi connectivity index (χ1v) is 17.9. The van der Waals surface area contributed by atoms with Gasteiger partial charge in [0.25, 0.3) is 0 Å². The fourth-order valence-corrected chi connectivity index (χ4v) is 8.01. The molecule has 1 saturated heterocycles. The van der Waals surface area contributed by atoms with Gasteiger partial charge in [-0.15, -0.1) is 0 Å².